The van der Waals surface area contributed by atoms with Crippen molar-refractivity contribution in [2.45, 2.75) is 39.3 Å². The molecule has 2 aromatic rings. The average molecular weight is 396 g/mol. The van der Waals surface area contributed by atoms with Crippen LogP contribution in [0.25, 0.3) is 0 Å². The van der Waals surface area contributed by atoms with E-state index in [1.807, 2.05) is 11.7 Å². The van der Waals surface area contributed by atoms with Crippen molar-refractivity contribution in [3.8, 4) is 0 Å². The summed E-state index contributed by atoms with van der Waals surface area (Å²) in [4.78, 5) is 7.59. The number of piperidine rings is 1. The number of likely N-dealkylation sites (tertiary alicyclic amines) is 1. The third kappa shape index (κ3) is 5.68. The standard InChI is InChI=1S/C24H37N5/c1-20-24(18-27(3)25-20)19-28-10-8-22(9-11-28)16-21-4-6-23(7-5-21)17-29-14-12-26(2)13-15-29/h4-7,18,22H,8-17,19H2,1-3H3. The molecule has 0 N–H and O–H groups in total. The fourth-order valence-electron chi connectivity index (χ4n) is 4.77. The third-order valence-electron chi connectivity index (χ3n) is 6.77. The van der Waals surface area contributed by atoms with Crippen LogP contribution in [0.1, 0.15) is 35.2 Å². The molecule has 0 atom stereocenters. The van der Waals surface area contributed by atoms with Gasteiger partial charge in [0.2, 0.25) is 0 Å². The van der Waals surface area contributed by atoms with Crippen molar-refractivity contribution in [1.29, 1.82) is 0 Å². The second-order valence-electron chi connectivity index (χ2n) is 9.23. The lowest BCUT2D eigenvalue weighted by Gasteiger charge is -2.32. The summed E-state index contributed by atoms with van der Waals surface area (Å²) in [5.41, 5.74) is 5.52. The summed E-state index contributed by atoms with van der Waals surface area (Å²) >= 11 is 0. The molecule has 2 saturated heterocycles. The Kier molecular flexibility index (Phi) is 6.68. The van der Waals surface area contributed by atoms with Crippen molar-refractivity contribution in [2.24, 2.45) is 13.0 Å². The van der Waals surface area contributed by atoms with Gasteiger partial charge >= 0.3 is 0 Å². The summed E-state index contributed by atoms with van der Waals surface area (Å²) in [6.45, 7) is 11.4. The van der Waals surface area contributed by atoms with E-state index in [-0.39, 0.29) is 0 Å². The number of hydrogen-bond acceptors (Lipinski definition) is 4. The predicted molar refractivity (Wildman–Crippen MR) is 119 cm³/mol. The lowest BCUT2D eigenvalue weighted by atomic mass is 9.89. The van der Waals surface area contributed by atoms with E-state index in [9.17, 15) is 0 Å². The zero-order valence-corrected chi connectivity index (χ0v) is 18.5. The van der Waals surface area contributed by atoms with Crippen molar-refractivity contribution in [2.75, 3.05) is 46.3 Å². The number of likely N-dealkylation sites (N-methyl/N-ethyl adjacent to an activating group) is 1. The molecule has 0 amide bonds. The molecule has 29 heavy (non-hydrogen) atoms. The van der Waals surface area contributed by atoms with Gasteiger partial charge in [-0.1, -0.05) is 24.3 Å². The minimum atomic E-state index is 0.824. The van der Waals surface area contributed by atoms with Crippen molar-refractivity contribution in [3.63, 3.8) is 0 Å². The van der Waals surface area contributed by atoms with Crippen LogP contribution in [0.4, 0.5) is 0 Å². The van der Waals surface area contributed by atoms with Gasteiger partial charge in [-0.3, -0.25) is 14.5 Å². The Morgan fingerprint density at radius 2 is 1.45 bits per heavy atom. The van der Waals surface area contributed by atoms with Crippen LogP contribution >= 0.6 is 0 Å². The maximum absolute atomic E-state index is 4.48. The molecule has 0 spiro atoms. The molecule has 4 rings (SSSR count). The van der Waals surface area contributed by atoms with E-state index in [4.69, 9.17) is 0 Å². The number of hydrogen-bond donors (Lipinski definition) is 0. The number of nitrogens with zero attached hydrogens (tertiary/aromatic N) is 5. The molecule has 0 radical (unpaired) electrons. The summed E-state index contributed by atoms with van der Waals surface area (Å²) in [7, 11) is 4.23. The SMILES string of the molecule is Cc1nn(C)cc1CN1CCC(Cc2ccc(CN3CCN(C)CC3)cc2)CC1. The number of aromatic nitrogens is 2. The molecule has 0 unspecified atom stereocenters. The number of benzene rings is 1. The lowest BCUT2D eigenvalue weighted by molar-refractivity contribution is 0.148. The third-order valence-corrected chi connectivity index (χ3v) is 6.77. The summed E-state index contributed by atoms with van der Waals surface area (Å²) < 4.78 is 1.94. The molecular weight excluding hydrogens is 358 g/mol. The highest BCUT2D eigenvalue weighted by atomic mass is 15.3. The molecule has 5 nitrogen and oxygen atoms in total. The maximum Gasteiger partial charge on any atom is 0.0638 e. The molecule has 2 aliphatic rings. The van der Waals surface area contributed by atoms with Gasteiger partial charge in [0, 0.05) is 58.1 Å². The highest BCUT2D eigenvalue weighted by molar-refractivity contribution is 5.23. The van der Waals surface area contributed by atoms with E-state index >= 15 is 0 Å². The van der Waals surface area contributed by atoms with Crippen molar-refractivity contribution >= 4 is 0 Å². The first-order valence-electron chi connectivity index (χ1n) is 11.3. The van der Waals surface area contributed by atoms with Gasteiger partial charge in [0.1, 0.15) is 0 Å². The van der Waals surface area contributed by atoms with Crippen molar-refractivity contribution < 1.29 is 0 Å². The van der Waals surface area contributed by atoms with Crippen LogP contribution in [-0.4, -0.2) is 70.8 Å². The van der Waals surface area contributed by atoms with Gasteiger partial charge in [-0.25, -0.2) is 0 Å². The van der Waals surface area contributed by atoms with E-state index in [0.29, 0.717) is 0 Å². The summed E-state index contributed by atoms with van der Waals surface area (Å²) in [5.74, 6) is 0.824. The number of aryl methyl sites for hydroxylation is 2. The smallest absolute Gasteiger partial charge is 0.0638 e. The summed E-state index contributed by atoms with van der Waals surface area (Å²) in [6.07, 6.45) is 6.02. The quantitative estimate of drug-likeness (QED) is 0.752. The molecule has 1 aromatic carbocycles. The van der Waals surface area contributed by atoms with Crippen LogP contribution in [0.5, 0.6) is 0 Å². The second-order valence-corrected chi connectivity index (χ2v) is 9.23. The minimum Gasteiger partial charge on any atom is -0.304 e. The first-order valence-corrected chi connectivity index (χ1v) is 11.3. The molecular formula is C24H37N5. The molecule has 158 valence electrons. The van der Waals surface area contributed by atoms with Gasteiger partial charge in [0.05, 0.1) is 5.69 Å². The summed E-state index contributed by atoms with van der Waals surface area (Å²) in [5, 5.41) is 4.48. The molecule has 2 fully saturated rings. The molecule has 3 heterocycles. The van der Waals surface area contributed by atoms with Crippen LogP contribution in [0.2, 0.25) is 0 Å². The van der Waals surface area contributed by atoms with Gasteiger partial charge in [0.15, 0.2) is 0 Å². The Morgan fingerprint density at radius 3 is 2.07 bits per heavy atom. The van der Waals surface area contributed by atoms with Gasteiger partial charge in [-0.05, 0) is 63.4 Å². The van der Waals surface area contributed by atoms with Gasteiger partial charge < -0.3 is 4.90 Å². The van der Waals surface area contributed by atoms with E-state index in [1.165, 1.54) is 80.9 Å². The summed E-state index contributed by atoms with van der Waals surface area (Å²) in [6, 6.07) is 9.45. The Balaban J connectivity index is 1.21. The Hall–Kier alpha value is -1.69. The number of rotatable bonds is 6. The van der Waals surface area contributed by atoms with Crippen LogP contribution in [0.3, 0.4) is 0 Å². The highest BCUT2D eigenvalue weighted by Crippen LogP contribution is 2.23. The van der Waals surface area contributed by atoms with Crippen LogP contribution in [-0.2, 0) is 26.6 Å². The maximum atomic E-state index is 4.48. The fourth-order valence-corrected chi connectivity index (χ4v) is 4.77. The van der Waals surface area contributed by atoms with Crippen LogP contribution in [0, 0.1) is 12.8 Å². The normalized spacial score (nSPS) is 20.4. The van der Waals surface area contributed by atoms with Gasteiger partial charge in [-0.15, -0.1) is 0 Å². The first-order chi connectivity index (χ1) is 14.0. The Labute approximate surface area is 176 Å². The molecule has 1 aromatic heterocycles. The van der Waals surface area contributed by atoms with Gasteiger partial charge in [-0.2, -0.15) is 5.10 Å². The molecule has 2 aliphatic heterocycles. The van der Waals surface area contributed by atoms with E-state index < -0.39 is 0 Å². The Bertz CT molecular complexity index is 765. The zero-order chi connectivity index (χ0) is 20.2. The molecule has 0 aliphatic carbocycles. The number of piperazine rings is 1. The zero-order valence-electron chi connectivity index (χ0n) is 18.5. The van der Waals surface area contributed by atoms with Crippen LogP contribution in [0.15, 0.2) is 30.5 Å². The van der Waals surface area contributed by atoms with Crippen LogP contribution < -0.4 is 0 Å². The topological polar surface area (TPSA) is 27.5 Å². The monoisotopic (exact) mass is 395 g/mol. The second kappa shape index (κ2) is 9.41. The van der Waals surface area contributed by atoms with E-state index in [2.05, 4.69) is 64.2 Å². The van der Waals surface area contributed by atoms with Crippen molar-refractivity contribution in [1.82, 2.24) is 24.5 Å². The Morgan fingerprint density at radius 1 is 0.828 bits per heavy atom. The fraction of sp³-hybridized carbons (Fsp3) is 0.625. The van der Waals surface area contributed by atoms with Crippen molar-refractivity contribution in [3.05, 3.63) is 52.8 Å². The minimum absolute atomic E-state index is 0.824. The molecule has 0 saturated carbocycles. The van der Waals surface area contributed by atoms with E-state index in [0.717, 1.165) is 19.0 Å². The largest absolute Gasteiger partial charge is 0.304 e. The first kappa shape index (κ1) is 20.6. The molecule has 5 heteroatoms. The predicted octanol–water partition coefficient (Wildman–Crippen LogP) is 2.93. The molecule has 0 bridgehead atoms. The van der Waals surface area contributed by atoms with E-state index in [1.54, 1.807) is 0 Å². The van der Waals surface area contributed by atoms with Gasteiger partial charge in [0.25, 0.3) is 0 Å². The highest BCUT2D eigenvalue weighted by Gasteiger charge is 2.21. The average Bonchev–Trinajstić information content (AvgIpc) is 3.03. The lowest BCUT2D eigenvalue weighted by Crippen LogP contribution is -2.43.